The highest BCUT2D eigenvalue weighted by molar-refractivity contribution is 5.76. The molecule has 1 heterocycles. The first-order valence-corrected chi connectivity index (χ1v) is 8.06. The SMILES string of the molecule is C=C1CCCN1C(C)CC(C)(CC)C(=O)OCCN(C)C. The molecule has 0 radical (unpaired) electrons. The van der Waals surface area contributed by atoms with E-state index >= 15 is 0 Å². The van der Waals surface area contributed by atoms with Gasteiger partial charge in [0.2, 0.25) is 0 Å². The normalized spacial score (nSPS) is 19.7. The van der Waals surface area contributed by atoms with Crippen LogP contribution in [0.15, 0.2) is 12.3 Å². The number of likely N-dealkylation sites (tertiary alicyclic amines) is 1. The minimum absolute atomic E-state index is 0.0662. The van der Waals surface area contributed by atoms with Crippen LogP contribution < -0.4 is 0 Å². The number of likely N-dealkylation sites (N-methyl/N-ethyl adjacent to an activating group) is 1. The third-order valence-corrected chi connectivity index (χ3v) is 4.59. The first-order chi connectivity index (χ1) is 9.80. The Hall–Kier alpha value is -1.03. The van der Waals surface area contributed by atoms with Gasteiger partial charge in [-0.3, -0.25) is 4.79 Å². The van der Waals surface area contributed by atoms with E-state index in [1.807, 2.05) is 25.9 Å². The van der Waals surface area contributed by atoms with Crippen molar-refractivity contribution in [1.82, 2.24) is 9.80 Å². The Morgan fingerprint density at radius 3 is 2.67 bits per heavy atom. The summed E-state index contributed by atoms with van der Waals surface area (Å²) in [6.07, 6.45) is 3.89. The second-order valence-electron chi connectivity index (χ2n) is 6.77. The maximum absolute atomic E-state index is 12.4. The molecule has 1 aliphatic rings. The number of rotatable bonds is 8. The summed E-state index contributed by atoms with van der Waals surface area (Å²) in [4.78, 5) is 16.8. The van der Waals surface area contributed by atoms with Crippen molar-refractivity contribution < 1.29 is 9.53 Å². The van der Waals surface area contributed by atoms with Gasteiger partial charge in [-0.2, -0.15) is 0 Å². The van der Waals surface area contributed by atoms with Crippen molar-refractivity contribution in [3.05, 3.63) is 12.3 Å². The van der Waals surface area contributed by atoms with E-state index in [9.17, 15) is 4.79 Å². The maximum Gasteiger partial charge on any atom is 0.311 e. The Kier molecular flexibility index (Phi) is 6.72. The van der Waals surface area contributed by atoms with Crippen molar-refractivity contribution in [3.8, 4) is 0 Å². The monoisotopic (exact) mass is 296 g/mol. The van der Waals surface area contributed by atoms with Gasteiger partial charge in [-0.15, -0.1) is 0 Å². The highest BCUT2D eigenvalue weighted by Gasteiger charge is 2.36. The summed E-state index contributed by atoms with van der Waals surface area (Å²) in [6, 6.07) is 0.339. The zero-order chi connectivity index (χ0) is 16.0. The van der Waals surface area contributed by atoms with Gasteiger partial charge in [0.25, 0.3) is 0 Å². The summed E-state index contributed by atoms with van der Waals surface area (Å²) >= 11 is 0. The molecule has 0 aromatic heterocycles. The fraction of sp³-hybridized carbons (Fsp3) is 0.824. The molecule has 0 aromatic carbocycles. The van der Waals surface area contributed by atoms with Crippen LogP contribution in [0.3, 0.4) is 0 Å². The lowest BCUT2D eigenvalue weighted by atomic mass is 9.81. The lowest BCUT2D eigenvalue weighted by molar-refractivity contribution is -0.156. The molecule has 0 bridgehead atoms. The number of allylic oxidation sites excluding steroid dienone is 1. The van der Waals surface area contributed by atoms with Crippen molar-refractivity contribution in [2.45, 2.75) is 52.5 Å². The average molecular weight is 296 g/mol. The number of ether oxygens (including phenoxy) is 1. The van der Waals surface area contributed by atoms with E-state index in [0.717, 1.165) is 32.4 Å². The van der Waals surface area contributed by atoms with Crippen molar-refractivity contribution in [3.63, 3.8) is 0 Å². The highest BCUT2D eigenvalue weighted by atomic mass is 16.5. The Morgan fingerprint density at radius 2 is 2.19 bits per heavy atom. The number of esters is 1. The molecule has 0 N–H and O–H groups in total. The molecule has 1 rings (SSSR count). The molecule has 0 aliphatic carbocycles. The van der Waals surface area contributed by atoms with Crippen LogP contribution in [0, 0.1) is 5.41 Å². The van der Waals surface area contributed by atoms with Crippen LogP contribution >= 0.6 is 0 Å². The van der Waals surface area contributed by atoms with Gasteiger partial charge >= 0.3 is 5.97 Å². The molecule has 21 heavy (non-hydrogen) atoms. The predicted molar refractivity (Wildman–Crippen MR) is 87.1 cm³/mol. The van der Waals surface area contributed by atoms with E-state index in [0.29, 0.717) is 12.6 Å². The van der Waals surface area contributed by atoms with Gasteiger partial charge in [-0.05, 0) is 53.6 Å². The van der Waals surface area contributed by atoms with E-state index in [1.165, 1.54) is 12.1 Å². The zero-order valence-electron chi connectivity index (χ0n) is 14.4. The minimum atomic E-state index is -0.408. The lowest BCUT2D eigenvalue weighted by Gasteiger charge is -2.34. The molecule has 1 saturated heterocycles. The molecular formula is C17H32N2O2. The summed E-state index contributed by atoms with van der Waals surface area (Å²) in [7, 11) is 3.96. The minimum Gasteiger partial charge on any atom is -0.464 e. The second kappa shape index (κ2) is 7.83. The molecule has 4 heteroatoms. The summed E-state index contributed by atoms with van der Waals surface area (Å²) in [5, 5.41) is 0. The Labute approximate surface area is 130 Å². The lowest BCUT2D eigenvalue weighted by Crippen LogP contribution is -2.39. The van der Waals surface area contributed by atoms with Gasteiger partial charge in [0.1, 0.15) is 6.61 Å². The van der Waals surface area contributed by atoms with Crippen LogP contribution in [0.25, 0.3) is 0 Å². The highest BCUT2D eigenvalue weighted by Crippen LogP contribution is 2.33. The number of carbonyl (C=O) groups is 1. The van der Waals surface area contributed by atoms with Crippen LogP contribution in [0.4, 0.5) is 0 Å². The summed E-state index contributed by atoms with van der Waals surface area (Å²) in [5.74, 6) is -0.0662. The Balaban J connectivity index is 2.57. The maximum atomic E-state index is 12.4. The molecule has 2 unspecified atom stereocenters. The fourth-order valence-electron chi connectivity index (χ4n) is 2.92. The number of hydrogen-bond acceptors (Lipinski definition) is 4. The number of carbonyl (C=O) groups excluding carboxylic acids is 1. The van der Waals surface area contributed by atoms with Crippen molar-refractivity contribution in [2.75, 3.05) is 33.8 Å². The Bertz CT molecular complexity index is 368. The average Bonchev–Trinajstić information content (AvgIpc) is 2.84. The third-order valence-electron chi connectivity index (χ3n) is 4.59. The largest absolute Gasteiger partial charge is 0.464 e. The van der Waals surface area contributed by atoms with Crippen molar-refractivity contribution in [2.24, 2.45) is 5.41 Å². The van der Waals surface area contributed by atoms with Crippen LogP contribution in [0.1, 0.15) is 46.5 Å². The van der Waals surface area contributed by atoms with E-state index < -0.39 is 5.41 Å². The smallest absolute Gasteiger partial charge is 0.311 e. The van der Waals surface area contributed by atoms with E-state index in [4.69, 9.17) is 4.74 Å². The van der Waals surface area contributed by atoms with Crippen molar-refractivity contribution >= 4 is 5.97 Å². The van der Waals surface area contributed by atoms with E-state index in [-0.39, 0.29) is 5.97 Å². The van der Waals surface area contributed by atoms with Crippen molar-refractivity contribution in [1.29, 1.82) is 0 Å². The molecular weight excluding hydrogens is 264 g/mol. The quantitative estimate of drug-likeness (QED) is 0.645. The number of hydrogen-bond donors (Lipinski definition) is 0. The summed E-state index contributed by atoms with van der Waals surface area (Å²) < 4.78 is 5.48. The molecule has 1 aliphatic heterocycles. The molecule has 1 fully saturated rings. The molecule has 122 valence electrons. The summed E-state index contributed by atoms with van der Waals surface area (Å²) in [5.41, 5.74) is 0.802. The molecule has 2 atom stereocenters. The van der Waals surface area contributed by atoms with Gasteiger partial charge in [-0.1, -0.05) is 13.5 Å². The molecule has 0 aromatic rings. The van der Waals surface area contributed by atoms with Gasteiger partial charge in [0, 0.05) is 24.8 Å². The molecule has 4 nitrogen and oxygen atoms in total. The van der Waals surface area contributed by atoms with Crippen LogP contribution in [-0.2, 0) is 9.53 Å². The Morgan fingerprint density at radius 1 is 1.52 bits per heavy atom. The van der Waals surface area contributed by atoms with Gasteiger partial charge in [-0.25, -0.2) is 0 Å². The van der Waals surface area contributed by atoms with Crippen LogP contribution in [-0.4, -0.2) is 55.6 Å². The zero-order valence-corrected chi connectivity index (χ0v) is 14.4. The third kappa shape index (κ3) is 5.03. The predicted octanol–water partition coefficient (Wildman–Crippen LogP) is 2.90. The van der Waals surface area contributed by atoms with Crippen LogP contribution in [0.2, 0.25) is 0 Å². The molecule has 0 spiro atoms. The van der Waals surface area contributed by atoms with E-state index in [2.05, 4.69) is 25.3 Å². The standard InChI is InChI=1S/C17H32N2O2/c1-7-17(4,16(20)21-12-11-18(5)6)13-15(3)19-10-8-9-14(19)2/h15H,2,7-13H2,1,3-6H3. The first-order valence-electron chi connectivity index (χ1n) is 8.06. The van der Waals surface area contributed by atoms with Gasteiger partial charge in [0.05, 0.1) is 5.41 Å². The second-order valence-corrected chi connectivity index (χ2v) is 6.77. The number of nitrogens with zero attached hydrogens (tertiary/aromatic N) is 2. The topological polar surface area (TPSA) is 32.8 Å². The first kappa shape index (κ1) is 18.0. The fourth-order valence-corrected chi connectivity index (χ4v) is 2.92. The summed E-state index contributed by atoms with van der Waals surface area (Å²) in [6.45, 7) is 12.7. The molecule has 0 amide bonds. The van der Waals surface area contributed by atoms with E-state index in [1.54, 1.807) is 0 Å². The van der Waals surface area contributed by atoms with Crippen LogP contribution in [0.5, 0.6) is 0 Å². The van der Waals surface area contributed by atoms with Gasteiger partial charge < -0.3 is 14.5 Å². The molecule has 0 saturated carbocycles. The van der Waals surface area contributed by atoms with Gasteiger partial charge in [0.15, 0.2) is 0 Å².